The maximum absolute atomic E-state index is 12.2. The van der Waals surface area contributed by atoms with Gasteiger partial charge < -0.3 is 5.32 Å². The molecule has 3 aromatic rings. The molecule has 0 atom stereocenters. The van der Waals surface area contributed by atoms with Gasteiger partial charge in [-0.2, -0.15) is 0 Å². The predicted octanol–water partition coefficient (Wildman–Crippen LogP) is 4.90. The summed E-state index contributed by atoms with van der Waals surface area (Å²) >= 11 is 9.24. The SMILES string of the molecule is O=C(Nc1ccc(Br)c2ccccc12)c1ccc(Cl)nc1. The van der Waals surface area contributed by atoms with Gasteiger partial charge in [0.15, 0.2) is 0 Å². The number of halogens is 2. The smallest absolute Gasteiger partial charge is 0.257 e. The Kier molecular flexibility index (Phi) is 3.90. The fourth-order valence-electron chi connectivity index (χ4n) is 2.08. The lowest BCUT2D eigenvalue weighted by Gasteiger charge is -2.10. The van der Waals surface area contributed by atoms with E-state index in [1.165, 1.54) is 6.20 Å². The van der Waals surface area contributed by atoms with Gasteiger partial charge in [0, 0.05) is 21.7 Å². The second kappa shape index (κ2) is 5.84. The summed E-state index contributed by atoms with van der Waals surface area (Å²) < 4.78 is 0.990. The van der Waals surface area contributed by atoms with Gasteiger partial charge in [-0.3, -0.25) is 4.79 Å². The van der Waals surface area contributed by atoms with E-state index in [-0.39, 0.29) is 5.91 Å². The van der Waals surface area contributed by atoms with Crippen molar-refractivity contribution in [3.05, 3.63) is 69.9 Å². The van der Waals surface area contributed by atoms with E-state index in [0.29, 0.717) is 10.7 Å². The summed E-state index contributed by atoms with van der Waals surface area (Å²) in [7, 11) is 0. The number of nitrogens with zero attached hydrogens (tertiary/aromatic N) is 1. The minimum Gasteiger partial charge on any atom is -0.321 e. The Hall–Kier alpha value is -1.91. The van der Waals surface area contributed by atoms with Gasteiger partial charge in [-0.25, -0.2) is 4.98 Å². The summed E-state index contributed by atoms with van der Waals surface area (Å²) in [6.45, 7) is 0. The van der Waals surface area contributed by atoms with E-state index >= 15 is 0 Å². The maximum atomic E-state index is 12.2. The first kappa shape index (κ1) is 14.0. The van der Waals surface area contributed by atoms with E-state index in [0.717, 1.165) is 20.9 Å². The Morgan fingerprint density at radius 3 is 2.52 bits per heavy atom. The number of hydrogen-bond donors (Lipinski definition) is 1. The number of fused-ring (bicyclic) bond motifs is 1. The van der Waals surface area contributed by atoms with Gasteiger partial charge >= 0.3 is 0 Å². The lowest BCUT2D eigenvalue weighted by molar-refractivity contribution is 0.102. The summed E-state index contributed by atoms with van der Waals surface area (Å²) in [5.74, 6) is -0.216. The summed E-state index contributed by atoms with van der Waals surface area (Å²) in [5.41, 5.74) is 1.22. The number of benzene rings is 2. The zero-order chi connectivity index (χ0) is 14.8. The van der Waals surface area contributed by atoms with Crippen molar-refractivity contribution in [1.82, 2.24) is 4.98 Å². The van der Waals surface area contributed by atoms with Crippen LogP contribution in [-0.4, -0.2) is 10.9 Å². The highest BCUT2D eigenvalue weighted by Crippen LogP contribution is 2.30. The van der Waals surface area contributed by atoms with Crippen molar-refractivity contribution in [2.45, 2.75) is 0 Å². The van der Waals surface area contributed by atoms with Crippen LogP contribution < -0.4 is 5.32 Å². The Balaban J connectivity index is 1.97. The van der Waals surface area contributed by atoms with Gasteiger partial charge in [0.25, 0.3) is 5.91 Å². The average molecular weight is 362 g/mol. The van der Waals surface area contributed by atoms with Gasteiger partial charge in [-0.05, 0) is 29.7 Å². The summed E-state index contributed by atoms with van der Waals surface area (Å²) in [6, 6.07) is 14.9. The van der Waals surface area contributed by atoms with Crippen LogP contribution in [0.3, 0.4) is 0 Å². The summed E-state index contributed by atoms with van der Waals surface area (Å²) in [6.07, 6.45) is 1.46. The first-order valence-corrected chi connectivity index (χ1v) is 7.42. The summed E-state index contributed by atoms with van der Waals surface area (Å²) in [4.78, 5) is 16.2. The third-order valence-electron chi connectivity index (χ3n) is 3.11. The molecule has 0 spiro atoms. The molecule has 1 amide bonds. The van der Waals surface area contributed by atoms with Gasteiger partial charge in [-0.1, -0.05) is 51.8 Å². The molecule has 3 rings (SSSR count). The van der Waals surface area contributed by atoms with E-state index in [9.17, 15) is 4.79 Å². The molecule has 1 N–H and O–H groups in total. The van der Waals surface area contributed by atoms with Crippen molar-refractivity contribution in [1.29, 1.82) is 0 Å². The molecule has 0 saturated heterocycles. The van der Waals surface area contributed by atoms with Gasteiger partial charge in [0.05, 0.1) is 5.56 Å². The molecule has 0 bridgehead atoms. The van der Waals surface area contributed by atoms with Crippen LogP contribution in [-0.2, 0) is 0 Å². The van der Waals surface area contributed by atoms with Gasteiger partial charge in [0.1, 0.15) is 5.15 Å². The molecule has 0 aliphatic rings. The molecule has 1 aromatic heterocycles. The zero-order valence-electron chi connectivity index (χ0n) is 10.8. The molecule has 3 nitrogen and oxygen atoms in total. The minimum atomic E-state index is -0.216. The van der Waals surface area contributed by atoms with Gasteiger partial charge in [0.2, 0.25) is 0 Å². The van der Waals surface area contributed by atoms with Crippen LogP contribution in [0.25, 0.3) is 10.8 Å². The van der Waals surface area contributed by atoms with Crippen molar-refractivity contribution in [2.75, 3.05) is 5.32 Å². The third kappa shape index (κ3) is 2.91. The fourth-order valence-corrected chi connectivity index (χ4v) is 2.67. The number of nitrogens with one attached hydrogen (secondary N) is 1. The lowest BCUT2D eigenvalue weighted by Crippen LogP contribution is -2.12. The van der Waals surface area contributed by atoms with Crippen LogP contribution in [0, 0.1) is 0 Å². The standard InChI is InChI=1S/C16H10BrClN2O/c17-13-6-7-14(12-4-2-1-3-11(12)13)20-16(21)10-5-8-15(18)19-9-10/h1-9H,(H,20,21). The number of pyridine rings is 1. The Bertz CT molecular complexity index is 818. The number of rotatable bonds is 2. The van der Waals surface area contributed by atoms with E-state index in [1.807, 2.05) is 36.4 Å². The van der Waals surface area contributed by atoms with E-state index in [2.05, 4.69) is 26.2 Å². The molecule has 0 aliphatic carbocycles. The molecular weight excluding hydrogens is 352 g/mol. The normalized spacial score (nSPS) is 10.6. The summed E-state index contributed by atoms with van der Waals surface area (Å²) in [5, 5.41) is 5.29. The molecule has 1 heterocycles. The number of aromatic nitrogens is 1. The first-order valence-electron chi connectivity index (χ1n) is 6.25. The highest BCUT2D eigenvalue weighted by atomic mass is 79.9. The molecule has 5 heteroatoms. The molecule has 0 fully saturated rings. The Morgan fingerprint density at radius 1 is 1.05 bits per heavy atom. The number of carbonyl (C=O) groups excluding carboxylic acids is 1. The largest absolute Gasteiger partial charge is 0.321 e. The molecule has 0 unspecified atom stereocenters. The third-order valence-corrected chi connectivity index (χ3v) is 4.02. The first-order chi connectivity index (χ1) is 10.1. The van der Waals surface area contributed by atoms with Crippen LogP contribution in [0.4, 0.5) is 5.69 Å². The number of anilines is 1. The number of hydrogen-bond acceptors (Lipinski definition) is 2. The molecule has 104 valence electrons. The van der Waals surface area contributed by atoms with Crippen molar-refractivity contribution in [3.8, 4) is 0 Å². The molecule has 0 saturated carbocycles. The topological polar surface area (TPSA) is 42.0 Å². The molecular formula is C16H10BrClN2O. The van der Waals surface area contributed by atoms with Crippen LogP contribution in [0.2, 0.25) is 5.15 Å². The minimum absolute atomic E-state index is 0.216. The average Bonchev–Trinajstić information content (AvgIpc) is 2.51. The Morgan fingerprint density at radius 2 is 1.81 bits per heavy atom. The fraction of sp³-hybridized carbons (Fsp3) is 0. The quantitative estimate of drug-likeness (QED) is 0.659. The number of carbonyl (C=O) groups is 1. The van der Waals surface area contributed by atoms with E-state index in [4.69, 9.17) is 11.6 Å². The van der Waals surface area contributed by atoms with Crippen LogP contribution in [0.15, 0.2) is 59.2 Å². The second-order valence-electron chi connectivity index (χ2n) is 4.46. The van der Waals surface area contributed by atoms with Crippen LogP contribution >= 0.6 is 27.5 Å². The monoisotopic (exact) mass is 360 g/mol. The zero-order valence-corrected chi connectivity index (χ0v) is 13.1. The van der Waals surface area contributed by atoms with Crippen molar-refractivity contribution < 1.29 is 4.79 Å². The maximum Gasteiger partial charge on any atom is 0.257 e. The van der Waals surface area contributed by atoms with Crippen LogP contribution in [0.5, 0.6) is 0 Å². The molecule has 0 aliphatic heterocycles. The van der Waals surface area contributed by atoms with Crippen molar-refractivity contribution in [2.24, 2.45) is 0 Å². The predicted molar refractivity (Wildman–Crippen MR) is 88.8 cm³/mol. The second-order valence-corrected chi connectivity index (χ2v) is 5.71. The molecule has 21 heavy (non-hydrogen) atoms. The lowest BCUT2D eigenvalue weighted by atomic mass is 10.1. The van der Waals surface area contributed by atoms with E-state index in [1.54, 1.807) is 12.1 Å². The van der Waals surface area contributed by atoms with Crippen LogP contribution in [0.1, 0.15) is 10.4 Å². The van der Waals surface area contributed by atoms with E-state index < -0.39 is 0 Å². The highest BCUT2D eigenvalue weighted by Gasteiger charge is 2.10. The highest BCUT2D eigenvalue weighted by molar-refractivity contribution is 9.10. The molecule has 2 aromatic carbocycles. The Labute approximate surface area is 135 Å². The van der Waals surface area contributed by atoms with Crippen molar-refractivity contribution >= 4 is 49.9 Å². The number of amides is 1. The van der Waals surface area contributed by atoms with Gasteiger partial charge in [-0.15, -0.1) is 0 Å². The van der Waals surface area contributed by atoms with Crippen molar-refractivity contribution in [3.63, 3.8) is 0 Å². The molecule has 0 radical (unpaired) electrons.